The molecule has 1 spiro atoms. The zero-order valence-electron chi connectivity index (χ0n) is 12.8. The second-order valence-corrected chi connectivity index (χ2v) is 7.29. The van der Waals surface area contributed by atoms with Gasteiger partial charge in [0.25, 0.3) is 0 Å². The molecule has 2 fully saturated rings. The number of amides is 1. The summed E-state index contributed by atoms with van der Waals surface area (Å²) in [5.74, 6) is 0.843. The van der Waals surface area contributed by atoms with Gasteiger partial charge in [0.1, 0.15) is 11.7 Å². The zero-order valence-corrected chi connectivity index (χ0v) is 13.6. The minimum absolute atomic E-state index is 0.0522. The van der Waals surface area contributed by atoms with Crippen LogP contribution in [0.25, 0.3) is 0 Å². The second-order valence-electron chi connectivity index (χ2n) is 6.51. The van der Waals surface area contributed by atoms with Gasteiger partial charge in [-0.2, -0.15) is 11.3 Å². The normalized spacial score (nSPS) is 23.5. The maximum Gasteiger partial charge on any atom is 0.244 e. The molecule has 1 atom stereocenters. The van der Waals surface area contributed by atoms with E-state index in [4.69, 9.17) is 4.74 Å². The van der Waals surface area contributed by atoms with Gasteiger partial charge in [0, 0.05) is 19.8 Å². The fraction of sp³-hybridized carbons (Fsp3) is 0.688. The molecule has 0 radical (unpaired) electrons. The van der Waals surface area contributed by atoms with Crippen LogP contribution in [-0.2, 0) is 9.53 Å². The molecular formula is C16H24N2O2S. The Morgan fingerprint density at radius 2 is 2.33 bits per heavy atom. The van der Waals surface area contributed by atoms with E-state index in [-0.39, 0.29) is 17.6 Å². The highest BCUT2D eigenvalue weighted by Crippen LogP contribution is 2.46. The lowest BCUT2D eigenvalue weighted by Gasteiger charge is -2.23. The van der Waals surface area contributed by atoms with Gasteiger partial charge in [0.2, 0.25) is 5.91 Å². The summed E-state index contributed by atoms with van der Waals surface area (Å²) in [6.45, 7) is 6.59. The summed E-state index contributed by atoms with van der Waals surface area (Å²) in [4.78, 5) is 14.6. The minimum Gasteiger partial charge on any atom is -0.381 e. The molecule has 2 aliphatic rings. The standard InChI is InChI=1S/C16H24N2O2S/c1-12(2)10-20-8-3-7-18-14(13-4-9-21-11-13)17-16(5-6-16)15(18)19/h4,9,11-12,14,17H,3,5-8,10H2,1-2H3. The molecule has 1 N–H and O–H groups in total. The highest BCUT2D eigenvalue weighted by atomic mass is 32.1. The Bertz CT molecular complexity index is 482. The molecule has 1 saturated carbocycles. The topological polar surface area (TPSA) is 41.6 Å². The fourth-order valence-corrected chi connectivity index (χ4v) is 3.54. The van der Waals surface area contributed by atoms with Gasteiger partial charge in [0.05, 0.1) is 0 Å². The molecule has 116 valence electrons. The molecule has 1 aliphatic heterocycles. The number of thiophene rings is 1. The number of rotatable bonds is 7. The summed E-state index contributed by atoms with van der Waals surface area (Å²) in [6.07, 6.45) is 2.91. The molecule has 4 nitrogen and oxygen atoms in total. The van der Waals surface area contributed by atoms with Crippen molar-refractivity contribution in [1.29, 1.82) is 0 Å². The van der Waals surface area contributed by atoms with Crippen molar-refractivity contribution in [3.05, 3.63) is 22.4 Å². The number of hydrogen-bond donors (Lipinski definition) is 1. The van der Waals surface area contributed by atoms with E-state index in [1.54, 1.807) is 11.3 Å². The third-order valence-electron chi connectivity index (χ3n) is 4.14. The Labute approximate surface area is 130 Å². The van der Waals surface area contributed by atoms with Crippen LogP contribution in [0.2, 0.25) is 0 Å². The van der Waals surface area contributed by atoms with E-state index in [9.17, 15) is 4.79 Å². The van der Waals surface area contributed by atoms with Gasteiger partial charge < -0.3 is 9.64 Å². The molecule has 1 aromatic heterocycles. The first kappa shape index (κ1) is 15.0. The third-order valence-corrected chi connectivity index (χ3v) is 4.84. The maximum absolute atomic E-state index is 12.6. The van der Waals surface area contributed by atoms with Gasteiger partial charge in [-0.15, -0.1) is 0 Å². The molecular weight excluding hydrogens is 284 g/mol. The zero-order chi connectivity index (χ0) is 14.9. The van der Waals surface area contributed by atoms with Gasteiger partial charge in [-0.05, 0) is 47.6 Å². The average Bonchev–Trinajstić information content (AvgIpc) is 2.93. The number of nitrogens with one attached hydrogen (secondary N) is 1. The van der Waals surface area contributed by atoms with E-state index in [2.05, 4.69) is 36.0 Å². The predicted octanol–water partition coefficient (Wildman–Crippen LogP) is 2.77. The lowest BCUT2D eigenvalue weighted by molar-refractivity contribution is -0.131. The monoisotopic (exact) mass is 308 g/mol. The average molecular weight is 308 g/mol. The van der Waals surface area contributed by atoms with Crippen LogP contribution in [0.5, 0.6) is 0 Å². The summed E-state index contributed by atoms with van der Waals surface area (Å²) in [6, 6.07) is 2.11. The number of nitrogens with zero attached hydrogens (tertiary/aromatic N) is 1. The quantitative estimate of drug-likeness (QED) is 0.788. The lowest BCUT2D eigenvalue weighted by Crippen LogP contribution is -2.33. The fourth-order valence-electron chi connectivity index (χ4n) is 2.86. The summed E-state index contributed by atoms with van der Waals surface area (Å²) in [5, 5.41) is 7.75. The number of hydrogen-bond acceptors (Lipinski definition) is 4. The first-order valence-electron chi connectivity index (χ1n) is 7.81. The smallest absolute Gasteiger partial charge is 0.244 e. The molecule has 1 aromatic rings. The van der Waals surface area contributed by atoms with E-state index in [0.29, 0.717) is 5.92 Å². The van der Waals surface area contributed by atoms with Crippen LogP contribution in [0.3, 0.4) is 0 Å². The van der Waals surface area contributed by atoms with Gasteiger partial charge in [-0.1, -0.05) is 13.8 Å². The number of ether oxygens (including phenoxy) is 1. The molecule has 0 bridgehead atoms. The summed E-state index contributed by atoms with van der Waals surface area (Å²) in [7, 11) is 0. The highest BCUT2D eigenvalue weighted by Gasteiger charge is 2.59. The molecule has 1 aliphatic carbocycles. The van der Waals surface area contributed by atoms with Crippen molar-refractivity contribution in [3.8, 4) is 0 Å². The van der Waals surface area contributed by atoms with Gasteiger partial charge in [-0.3, -0.25) is 10.1 Å². The molecule has 5 heteroatoms. The SMILES string of the molecule is CC(C)COCCCN1C(=O)C2(CC2)NC1c1ccsc1. The van der Waals surface area contributed by atoms with Crippen LogP contribution in [-0.4, -0.2) is 36.1 Å². The van der Waals surface area contributed by atoms with Gasteiger partial charge >= 0.3 is 0 Å². The van der Waals surface area contributed by atoms with Crippen molar-refractivity contribution >= 4 is 17.2 Å². The minimum atomic E-state index is -0.245. The van der Waals surface area contributed by atoms with Crippen LogP contribution in [0.4, 0.5) is 0 Å². The van der Waals surface area contributed by atoms with Crippen LogP contribution in [0.15, 0.2) is 16.8 Å². The summed E-state index contributed by atoms with van der Waals surface area (Å²) >= 11 is 1.68. The molecule has 21 heavy (non-hydrogen) atoms. The molecule has 3 rings (SSSR count). The van der Waals surface area contributed by atoms with Crippen LogP contribution in [0, 0.1) is 5.92 Å². The molecule has 2 heterocycles. The predicted molar refractivity (Wildman–Crippen MR) is 84.1 cm³/mol. The van der Waals surface area contributed by atoms with E-state index in [1.807, 2.05) is 4.90 Å². The van der Waals surface area contributed by atoms with Crippen molar-refractivity contribution in [2.45, 2.75) is 44.8 Å². The largest absolute Gasteiger partial charge is 0.381 e. The van der Waals surface area contributed by atoms with E-state index >= 15 is 0 Å². The Morgan fingerprint density at radius 1 is 1.52 bits per heavy atom. The lowest BCUT2D eigenvalue weighted by atomic mass is 10.2. The van der Waals surface area contributed by atoms with Crippen molar-refractivity contribution in [3.63, 3.8) is 0 Å². The number of carbonyl (C=O) groups excluding carboxylic acids is 1. The maximum atomic E-state index is 12.6. The Balaban J connectivity index is 1.57. The highest BCUT2D eigenvalue weighted by molar-refractivity contribution is 7.07. The van der Waals surface area contributed by atoms with Crippen LogP contribution in [0.1, 0.15) is 44.8 Å². The summed E-state index contributed by atoms with van der Waals surface area (Å²) in [5.41, 5.74) is 0.964. The van der Waals surface area contributed by atoms with E-state index in [1.165, 1.54) is 5.56 Å². The van der Waals surface area contributed by atoms with Crippen LogP contribution >= 0.6 is 11.3 Å². The second kappa shape index (κ2) is 6.07. The third kappa shape index (κ3) is 3.15. The molecule has 1 saturated heterocycles. The van der Waals surface area contributed by atoms with Crippen molar-refractivity contribution in [2.75, 3.05) is 19.8 Å². The first-order chi connectivity index (χ1) is 10.1. The van der Waals surface area contributed by atoms with Gasteiger partial charge in [0.15, 0.2) is 0 Å². The van der Waals surface area contributed by atoms with E-state index < -0.39 is 0 Å². The van der Waals surface area contributed by atoms with Crippen molar-refractivity contribution in [1.82, 2.24) is 10.2 Å². The molecule has 1 unspecified atom stereocenters. The van der Waals surface area contributed by atoms with Gasteiger partial charge in [-0.25, -0.2) is 0 Å². The van der Waals surface area contributed by atoms with Crippen molar-refractivity contribution in [2.24, 2.45) is 5.92 Å². The van der Waals surface area contributed by atoms with E-state index in [0.717, 1.165) is 39.0 Å². The van der Waals surface area contributed by atoms with Crippen molar-refractivity contribution < 1.29 is 9.53 Å². The summed E-state index contributed by atoms with van der Waals surface area (Å²) < 4.78 is 5.63. The Hall–Kier alpha value is -0.910. The van der Waals surface area contributed by atoms with Crippen LogP contribution < -0.4 is 5.32 Å². The molecule has 0 aromatic carbocycles. The Kier molecular flexibility index (Phi) is 4.33. The first-order valence-corrected chi connectivity index (χ1v) is 8.75. The Morgan fingerprint density at radius 3 is 2.95 bits per heavy atom. The molecule has 1 amide bonds. The number of carbonyl (C=O) groups is 1.